The minimum Gasteiger partial charge on any atom is -0.494 e. The van der Waals surface area contributed by atoms with Crippen LogP contribution in [0, 0.1) is 10.8 Å². The summed E-state index contributed by atoms with van der Waals surface area (Å²) < 4.78 is 0.863. The Balaban J connectivity index is 2.77. The van der Waals surface area contributed by atoms with Gasteiger partial charge in [-0.05, 0) is 12.2 Å². The van der Waals surface area contributed by atoms with E-state index in [1.807, 2.05) is 0 Å². The highest BCUT2D eigenvalue weighted by Crippen LogP contribution is 2.36. The lowest BCUT2D eigenvalue weighted by Crippen LogP contribution is -2.14. The molecule has 0 saturated carbocycles. The van der Waals surface area contributed by atoms with Gasteiger partial charge in [-0.3, -0.25) is 15.4 Å². The van der Waals surface area contributed by atoms with Crippen molar-refractivity contribution in [3.05, 3.63) is 17.2 Å². The van der Waals surface area contributed by atoms with Crippen molar-refractivity contribution in [2.45, 2.75) is 6.73 Å². The summed E-state index contributed by atoms with van der Waals surface area (Å²) in [5.41, 5.74) is 0.108. The van der Waals surface area contributed by atoms with Crippen LogP contribution >= 0.6 is 0 Å². The van der Waals surface area contributed by atoms with Gasteiger partial charge < -0.3 is 15.3 Å². The van der Waals surface area contributed by atoms with Crippen LogP contribution in [-0.4, -0.2) is 31.3 Å². The summed E-state index contributed by atoms with van der Waals surface area (Å²) in [5, 5.41) is 43.0. The fourth-order valence-electron chi connectivity index (χ4n) is 1.54. The molecule has 0 fully saturated rings. The van der Waals surface area contributed by atoms with Crippen molar-refractivity contribution in [2.24, 2.45) is 0 Å². The average molecular weight is 207 g/mol. The molecule has 6 nitrogen and oxygen atoms in total. The van der Waals surface area contributed by atoms with Crippen LogP contribution in [0.5, 0.6) is 11.8 Å². The summed E-state index contributed by atoms with van der Waals surface area (Å²) in [4.78, 5) is 0. The number of rotatable bonds is 1. The van der Waals surface area contributed by atoms with Crippen LogP contribution < -0.4 is 0 Å². The summed E-state index contributed by atoms with van der Waals surface area (Å²) in [5.74, 6) is -0.706. The molecule has 1 heterocycles. The maximum atomic E-state index is 9.62. The number of nitrogens with zero attached hydrogens (tertiary/aromatic N) is 1. The molecule has 2 rings (SSSR count). The molecular weight excluding hydrogens is 198 g/mol. The second kappa shape index (κ2) is 2.96. The Bertz CT molecular complexity index is 499. The SMILES string of the molecule is N=C1C=Cc2c(c(O)n(CO)c2O)C1=N. The van der Waals surface area contributed by atoms with Gasteiger partial charge in [-0.15, -0.1) is 0 Å². The quantitative estimate of drug-likeness (QED) is 0.455. The highest BCUT2D eigenvalue weighted by molar-refractivity contribution is 6.52. The van der Waals surface area contributed by atoms with E-state index in [1.54, 1.807) is 0 Å². The molecule has 0 saturated heterocycles. The van der Waals surface area contributed by atoms with Crippen LogP contribution in [0.4, 0.5) is 0 Å². The molecule has 0 bridgehead atoms. The monoisotopic (exact) mass is 207 g/mol. The van der Waals surface area contributed by atoms with E-state index in [4.69, 9.17) is 15.9 Å². The first-order valence-corrected chi connectivity index (χ1v) is 4.19. The predicted octanol–water partition coefficient (Wildman–Crippen LogP) is 0.264. The minimum atomic E-state index is -0.584. The Morgan fingerprint density at radius 3 is 2.40 bits per heavy atom. The van der Waals surface area contributed by atoms with E-state index < -0.39 is 12.6 Å². The second-order valence-corrected chi connectivity index (χ2v) is 3.13. The van der Waals surface area contributed by atoms with E-state index in [9.17, 15) is 10.2 Å². The van der Waals surface area contributed by atoms with Gasteiger partial charge in [-0.1, -0.05) is 0 Å². The Hall–Kier alpha value is -2.08. The lowest BCUT2D eigenvalue weighted by Gasteiger charge is -2.07. The third kappa shape index (κ3) is 1.08. The molecule has 0 radical (unpaired) electrons. The lowest BCUT2D eigenvalue weighted by atomic mass is 9.98. The number of fused-ring (bicyclic) bond motifs is 1. The van der Waals surface area contributed by atoms with Gasteiger partial charge in [-0.2, -0.15) is 0 Å². The van der Waals surface area contributed by atoms with E-state index in [0.29, 0.717) is 0 Å². The molecule has 1 aromatic heterocycles. The summed E-state index contributed by atoms with van der Waals surface area (Å²) in [6.45, 7) is -0.584. The standard InChI is InChI=1S/C9H9N3O3/c10-5-2-1-4-6(7(5)11)9(15)12(3-13)8(4)14/h1-2,10-11,13-15H,3H2. The number of hydrogen-bond acceptors (Lipinski definition) is 5. The molecule has 5 N–H and O–H groups in total. The Morgan fingerprint density at radius 1 is 1.13 bits per heavy atom. The third-order valence-electron chi connectivity index (χ3n) is 2.32. The van der Waals surface area contributed by atoms with Gasteiger partial charge >= 0.3 is 0 Å². The Kier molecular flexibility index (Phi) is 1.87. The van der Waals surface area contributed by atoms with Gasteiger partial charge in [0.2, 0.25) is 11.8 Å². The normalized spacial score (nSPS) is 14.5. The molecule has 0 atom stereocenters. The molecule has 0 spiro atoms. The number of aromatic hydroxyl groups is 2. The van der Waals surface area contributed by atoms with E-state index >= 15 is 0 Å². The van der Waals surface area contributed by atoms with Gasteiger partial charge in [0.1, 0.15) is 6.73 Å². The average Bonchev–Trinajstić information content (AvgIpc) is 2.45. The first kappa shape index (κ1) is 9.47. The Labute approximate surface area is 84.7 Å². The molecule has 0 amide bonds. The van der Waals surface area contributed by atoms with Crippen LogP contribution in [0.3, 0.4) is 0 Å². The molecular formula is C9H9N3O3. The van der Waals surface area contributed by atoms with E-state index in [2.05, 4.69) is 0 Å². The van der Waals surface area contributed by atoms with Gasteiger partial charge in [0.15, 0.2) is 0 Å². The topological polar surface area (TPSA) is 113 Å². The summed E-state index contributed by atoms with van der Waals surface area (Å²) in [6, 6.07) is 0. The molecule has 1 aliphatic rings. The smallest absolute Gasteiger partial charge is 0.206 e. The zero-order chi connectivity index (χ0) is 11.2. The number of aromatic nitrogens is 1. The van der Waals surface area contributed by atoms with Crippen molar-refractivity contribution in [3.63, 3.8) is 0 Å². The number of aliphatic hydroxyl groups is 1. The molecule has 6 heteroatoms. The molecule has 0 aromatic carbocycles. The number of aliphatic hydroxyl groups excluding tert-OH is 1. The largest absolute Gasteiger partial charge is 0.494 e. The summed E-state index contributed by atoms with van der Waals surface area (Å²) in [7, 11) is 0. The van der Waals surface area contributed by atoms with Gasteiger partial charge in [0.05, 0.1) is 17.0 Å². The fourth-order valence-corrected chi connectivity index (χ4v) is 1.54. The fraction of sp³-hybridized carbons (Fsp3) is 0.111. The molecule has 0 aliphatic heterocycles. The van der Waals surface area contributed by atoms with Crippen molar-refractivity contribution >= 4 is 17.5 Å². The molecule has 15 heavy (non-hydrogen) atoms. The van der Waals surface area contributed by atoms with Gasteiger partial charge in [-0.25, -0.2) is 0 Å². The van der Waals surface area contributed by atoms with E-state index in [0.717, 1.165) is 4.57 Å². The maximum absolute atomic E-state index is 9.62. The first-order valence-electron chi connectivity index (χ1n) is 4.19. The third-order valence-corrected chi connectivity index (χ3v) is 2.32. The zero-order valence-electron chi connectivity index (χ0n) is 7.65. The molecule has 1 aliphatic carbocycles. The van der Waals surface area contributed by atoms with E-state index in [1.165, 1.54) is 12.2 Å². The number of nitrogens with one attached hydrogen (secondary N) is 2. The second-order valence-electron chi connectivity index (χ2n) is 3.13. The molecule has 0 unspecified atom stereocenters. The highest BCUT2D eigenvalue weighted by Gasteiger charge is 2.27. The van der Waals surface area contributed by atoms with Crippen LogP contribution in [0.2, 0.25) is 0 Å². The van der Waals surface area contributed by atoms with Crippen LogP contribution in [0.15, 0.2) is 6.08 Å². The van der Waals surface area contributed by atoms with E-state index in [-0.39, 0.29) is 28.4 Å². The van der Waals surface area contributed by atoms with Crippen LogP contribution in [0.1, 0.15) is 11.1 Å². The number of allylic oxidation sites excluding steroid dienone is 1. The van der Waals surface area contributed by atoms with Crippen LogP contribution in [-0.2, 0) is 6.73 Å². The van der Waals surface area contributed by atoms with Gasteiger partial charge in [0, 0.05) is 5.56 Å². The minimum absolute atomic E-state index is 0.0483. The molecule has 1 aromatic rings. The van der Waals surface area contributed by atoms with Crippen molar-refractivity contribution in [2.75, 3.05) is 0 Å². The summed E-state index contributed by atoms with van der Waals surface area (Å²) >= 11 is 0. The zero-order valence-corrected chi connectivity index (χ0v) is 7.65. The lowest BCUT2D eigenvalue weighted by molar-refractivity contribution is 0.183. The van der Waals surface area contributed by atoms with Crippen molar-refractivity contribution < 1.29 is 15.3 Å². The van der Waals surface area contributed by atoms with Crippen molar-refractivity contribution in [3.8, 4) is 11.8 Å². The highest BCUT2D eigenvalue weighted by atomic mass is 16.3. The predicted molar refractivity (Wildman–Crippen MR) is 53.6 cm³/mol. The van der Waals surface area contributed by atoms with Crippen LogP contribution in [0.25, 0.3) is 6.08 Å². The number of hydrogen-bond donors (Lipinski definition) is 5. The van der Waals surface area contributed by atoms with Crippen molar-refractivity contribution in [1.29, 1.82) is 10.8 Å². The molecule has 78 valence electrons. The maximum Gasteiger partial charge on any atom is 0.206 e. The van der Waals surface area contributed by atoms with Crippen molar-refractivity contribution in [1.82, 2.24) is 4.57 Å². The van der Waals surface area contributed by atoms with Gasteiger partial charge in [0.25, 0.3) is 0 Å². The summed E-state index contributed by atoms with van der Waals surface area (Å²) in [6.07, 6.45) is 2.78. The first-order chi connectivity index (χ1) is 7.07. The Morgan fingerprint density at radius 2 is 1.80 bits per heavy atom.